The lowest BCUT2D eigenvalue weighted by atomic mass is 10.1. The fourth-order valence-electron chi connectivity index (χ4n) is 3.65. The normalized spacial score (nSPS) is 22.7. The number of hydrogen-bond acceptors (Lipinski definition) is 6. The van der Waals surface area contributed by atoms with E-state index in [0.717, 1.165) is 19.4 Å². The molecule has 0 bridgehead atoms. The highest BCUT2D eigenvalue weighted by atomic mass is 16.4. The van der Waals surface area contributed by atoms with Gasteiger partial charge in [0, 0.05) is 6.54 Å². The number of carbonyl (C=O) groups is 4. The molecule has 10 nitrogen and oxygen atoms in total. The maximum Gasteiger partial charge on any atom is 0.326 e. The van der Waals surface area contributed by atoms with Crippen LogP contribution in [0.25, 0.3) is 0 Å². The summed E-state index contributed by atoms with van der Waals surface area (Å²) in [5.41, 5.74) is 5.42. The molecule has 0 saturated carbocycles. The number of rotatable bonds is 10. The summed E-state index contributed by atoms with van der Waals surface area (Å²) >= 11 is 0. The molecule has 0 radical (unpaired) electrons. The fourth-order valence-corrected chi connectivity index (χ4v) is 3.65. The Morgan fingerprint density at radius 3 is 2.57 bits per heavy atom. The molecular weight excluding hydrogens is 366 g/mol. The van der Waals surface area contributed by atoms with Gasteiger partial charge in [-0.1, -0.05) is 0 Å². The standard InChI is InChI=1S/C18H31N5O5/c19-8-2-1-5-13(18(27)28)22-17(26)14-7-4-10-23(14)15(24)11-21-16(25)12-6-3-9-20-12/h12-14,20H,1-11,19H2,(H,21,25)(H,22,26)(H,27,28). The van der Waals surface area contributed by atoms with Gasteiger partial charge < -0.3 is 31.7 Å². The molecule has 3 unspecified atom stereocenters. The third-order valence-corrected chi connectivity index (χ3v) is 5.23. The molecule has 2 aliphatic rings. The fraction of sp³-hybridized carbons (Fsp3) is 0.778. The number of carboxylic acid groups (broad SMARTS) is 1. The molecule has 10 heteroatoms. The third kappa shape index (κ3) is 6.16. The molecular formula is C18H31N5O5. The minimum absolute atomic E-state index is 0.167. The van der Waals surface area contributed by atoms with E-state index in [4.69, 9.17) is 5.73 Å². The Balaban J connectivity index is 1.85. The Bertz CT molecular complexity index is 579. The molecule has 2 rings (SSSR count). The zero-order valence-electron chi connectivity index (χ0n) is 16.1. The van der Waals surface area contributed by atoms with Crippen LogP contribution in [-0.4, -0.2) is 78.0 Å². The average molecular weight is 397 g/mol. The van der Waals surface area contributed by atoms with Crippen LogP contribution in [-0.2, 0) is 19.2 Å². The minimum Gasteiger partial charge on any atom is -0.480 e. The maximum absolute atomic E-state index is 12.6. The lowest BCUT2D eigenvalue weighted by molar-refractivity contribution is -0.144. The van der Waals surface area contributed by atoms with Gasteiger partial charge in [0.1, 0.15) is 12.1 Å². The lowest BCUT2D eigenvalue weighted by Crippen LogP contribution is -2.53. The molecule has 28 heavy (non-hydrogen) atoms. The van der Waals surface area contributed by atoms with Crippen molar-refractivity contribution in [2.75, 3.05) is 26.2 Å². The second-order valence-corrected chi connectivity index (χ2v) is 7.30. The van der Waals surface area contributed by atoms with Crippen molar-refractivity contribution in [1.82, 2.24) is 20.9 Å². The summed E-state index contributed by atoms with van der Waals surface area (Å²) in [6.07, 6.45) is 4.39. The number of amides is 3. The van der Waals surface area contributed by atoms with Crippen molar-refractivity contribution in [2.45, 2.75) is 63.1 Å². The van der Waals surface area contributed by atoms with E-state index in [1.54, 1.807) is 0 Å². The van der Waals surface area contributed by atoms with Crippen molar-refractivity contribution in [3.8, 4) is 0 Å². The number of carbonyl (C=O) groups excluding carboxylic acids is 3. The summed E-state index contributed by atoms with van der Waals surface area (Å²) < 4.78 is 0. The van der Waals surface area contributed by atoms with E-state index in [1.807, 2.05) is 0 Å². The van der Waals surface area contributed by atoms with E-state index in [9.17, 15) is 24.3 Å². The van der Waals surface area contributed by atoms with E-state index >= 15 is 0 Å². The first kappa shape index (κ1) is 22.1. The number of nitrogens with one attached hydrogen (secondary N) is 3. The van der Waals surface area contributed by atoms with Gasteiger partial charge in [0.05, 0.1) is 12.6 Å². The van der Waals surface area contributed by atoms with Crippen LogP contribution in [0.3, 0.4) is 0 Å². The largest absolute Gasteiger partial charge is 0.480 e. The number of hydrogen-bond donors (Lipinski definition) is 5. The number of nitrogens with zero attached hydrogens (tertiary/aromatic N) is 1. The molecule has 6 N–H and O–H groups in total. The zero-order valence-corrected chi connectivity index (χ0v) is 16.1. The molecule has 0 aromatic heterocycles. The first-order valence-electron chi connectivity index (χ1n) is 9.98. The van der Waals surface area contributed by atoms with Crippen molar-refractivity contribution < 1.29 is 24.3 Å². The lowest BCUT2D eigenvalue weighted by Gasteiger charge is -2.26. The molecule has 2 saturated heterocycles. The van der Waals surface area contributed by atoms with Crippen LogP contribution < -0.4 is 21.7 Å². The van der Waals surface area contributed by atoms with Gasteiger partial charge in [-0.2, -0.15) is 0 Å². The summed E-state index contributed by atoms with van der Waals surface area (Å²) in [7, 11) is 0. The number of aliphatic carboxylic acids is 1. The summed E-state index contributed by atoms with van der Waals surface area (Å²) in [6.45, 7) is 1.50. The average Bonchev–Trinajstić information content (AvgIpc) is 3.36. The van der Waals surface area contributed by atoms with Crippen LogP contribution in [0.5, 0.6) is 0 Å². The van der Waals surface area contributed by atoms with Gasteiger partial charge in [-0.25, -0.2) is 4.79 Å². The molecule has 0 aromatic carbocycles. The highest BCUT2D eigenvalue weighted by molar-refractivity contribution is 5.93. The summed E-state index contributed by atoms with van der Waals surface area (Å²) in [5.74, 6) is -2.11. The topological polar surface area (TPSA) is 154 Å². The molecule has 158 valence electrons. The predicted molar refractivity (Wildman–Crippen MR) is 101 cm³/mol. The van der Waals surface area contributed by atoms with Gasteiger partial charge in [0.25, 0.3) is 0 Å². The Morgan fingerprint density at radius 1 is 1.14 bits per heavy atom. The van der Waals surface area contributed by atoms with Crippen molar-refractivity contribution in [3.63, 3.8) is 0 Å². The van der Waals surface area contributed by atoms with Gasteiger partial charge in [-0.3, -0.25) is 14.4 Å². The molecule has 2 aliphatic heterocycles. The van der Waals surface area contributed by atoms with Gasteiger partial charge in [0.2, 0.25) is 17.7 Å². The number of carboxylic acids is 1. The van der Waals surface area contributed by atoms with E-state index in [0.29, 0.717) is 45.2 Å². The van der Waals surface area contributed by atoms with Gasteiger partial charge in [-0.15, -0.1) is 0 Å². The van der Waals surface area contributed by atoms with Crippen LogP contribution in [0.4, 0.5) is 0 Å². The Kier molecular flexibility index (Phi) is 8.65. The maximum atomic E-state index is 12.6. The predicted octanol–water partition coefficient (Wildman–Crippen LogP) is -1.46. The molecule has 3 amide bonds. The van der Waals surface area contributed by atoms with Gasteiger partial charge in [-0.05, 0) is 58.0 Å². The SMILES string of the molecule is NCCCCC(NC(=O)C1CCCN1C(=O)CNC(=O)C1CCCN1)C(=O)O. The van der Waals surface area contributed by atoms with Gasteiger partial charge >= 0.3 is 5.97 Å². The Hall–Kier alpha value is -2.20. The van der Waals surface area contributed by atoms with Crippen LogP contribution in [0.2, 0.25) is 0 Å². The molecule has 2 heterocycles. The first-order valence-corrected chi connectivity index (χ1v) is 9.98. The quantitative estimate of drug-likeness (QED) is 0.282. The summed E-state index contributed by atoms with van der Waals surface area (Å²) in [5, 5.41) is 17.5. The molecule has 0 aromatic rings. The van der Waals surface area contributed by atoms with Crippen LogP contribution in [0.15, 0.2) is 0 Å². The van der Waals surface area contributed by atoms with Gasteiger partial charge in [0.15, 0.2) is 0 Å². The highest BCUT2D eigenvalue weighted by Crippen LogP contribution is 2.18. The highest BCUT2D eigenvalue weighted by Gasteiger charge is 2.36. The van der Waals surface area contributed by atoms with Crippen LogP contribution in [0, 0.1) is 0 Å². The summed E-state index contributed by atoms with van der Waals surface area (Å²) in [6, 6.07) is -1.97. The van der Waals surface area contributed by atoms with Crippen LogP contribution >= 0.6 is 0 Å². The van der Waals surface area contributed by atoms with Crippen molar-refractivity contribution >= 4 is 23.7 Å². The Labute approximate surface area is 164 Å². The van der Waals surface area contributed by atoms with Crippen molar-refractivity contribution in [3.05, 3.63) is 0 Å². The Morgan fingerprint density at radius 2 is 1.93 bits per heavy atom. The smallest absolute Gasteiger partial charge is 0.326 e. The third-order valence-electron chi connectivity index (χ3n) is 5.23. The molecule has 0 aliphatic carbocycles. The second-order valence-electron chi connectivity index (χ2n) is 7.30. The minimum atomic E-state index is -1.10. The number of likely N-dealkylation sites (tertiary alicyclic amines) is 1. The van der Waals surface area contributed by atoms with Crippen LogP contribution in [0.1, 0.15) is 44.9 Å². The van der Waals surface area contributed by atoms with E-state index < -0.39 is 24.0 Å². The van der Waals surface area contributed by atoms with Crippen molar-refractivity contribution in [2.24, 2.45) is 5.73 Å². The monoisotopic (exact) mass is 397 g/mol. The second kappa shape index (κ2) is 11.0. The van der Waals surface area contributed by atoms with E-state index in [2.05, 4.69) is 16.0 Å². The first-order chi connectivity index (χ1) is 13.4. The molecule has 3 atom stereocenters. The number of nitrogens with two attached hydrogens (primary N) is 1. The number of unbranched alkanes of at least 4 members (excludes halogenated alkanes) is 1. The zero-order chi connectivity index (χ0) is 20.5. The summed E-state index contributed by atoms with van der Waals surface area (Å²) in [4.78, 5) is 49.9. The molecule has 2 fully saturated rings. The van der Waals surface area contributed by atoms with E-state index in [-0.39, 0.29) is 24.4 Å². The van der Waals surface area contributed by atoms with Crippen molar-refractivity contribution in [1.29, 1.82) is 0 Å². The molecule has 0 spiro atoms. The van der Waals surface area contributed by atoms with E-state index in [1.165, 1.54) is 4.90 Å².